The fraction of sp³-hybridized carbons (Fsp3) is 0.0714. The molecule has 0 amide bonds. The van der Waals surface area contributed by atoms with Crippen molar-refractivity contribution in [2.75, 3.05) is 5.73 Å². The lowest BCUT2D eigenvalue weighted by molar-refractivity contribution is 0.0996. The zero-order chi connectivity index (χ0) is 12.5. The van der Waals surface area contributed by atoms with Crippen molar-refractivity contribution in [3.05, 3.63) is 65.4 Å². The number of carbonyl (C=O) groups excluding carboxylic acids is 1. The van der Waals surface area contributed by atoms with Gasteiger partial charge in [0.1, 0.15) is 0 Å². The number of allylic oxidation sites excluding steroid dienone is 1. The number of hydrogen-bond donors (Lipinski definition) is 1. The van der Waals surface area contributed by atoms with Crippen LogP contribution in [0.4, 0.5) is 5.69 Å². The quantitative estimate of drug-likeness (QED) is 0.660. The third kappa shape index (κ3) is 5.13. The van der Waals surface area contributed by atoms with E-state index in [-0.39, 0.29) is 5.78 Å². The van der Waals surface area contributed by atoms with Crippen LogP contribution in [0.25, 0.3) is 0 Å². The first-order valence-electron chi connectivity index (χ1n) is 5.21. The number of nitrogens with two attached hydrogens (primary N) is 1. The van der Waals surface area contributed by atoms with E-state index in [9.17, 15) is 4.79 Å². The molecule has 1 aromatic heterocycles. The molecule has 88 valence electrons. The van der Waals surface area contributed by atoms with Gasteiger partial charge >= 0.3 is 0 Å². The smallest absolute Gasteiger partial charge is 0.166 e. The monoisotopic (exact) mass is 245 g/mol. The van der Waals surface area contributed by atoms with Crippen molar-refractivity contribution < 1.29 is 4.79 Å². The minimum absolute atomic E-state index is 0.126. The molecule has 3 heteroatoms. The summed E-state index contributed by atoms with van der Waals surface area (Å²) in [5.74, 6) is 0.126. The Morgan fingerprint density at radius 3 is 2.41 bits per heavy atom. The van der Waals surface area contributed by atoms with Gasteiger partial charge in [0.2, 0.25) is 0 Å². The number of carbonyl (C=O) groups is 1. The molecular weight excluding hydrogens is 230 g/mol. The Kier molecular flexibility index (Phi) is 5.75. The first kappa shape index (κ1) is 13.2. The van der Waals surface area contributed by atoms with Gasteiger partial charge < -0.3 is 5.73 Å². The molecule has 0 unspecified atom stereocenters. The fourth-order valence-electron chi connectivity index (χ4n) is 1.15. The van der Waals surface area contributed by atoms with Crippen LogP contribution in [0, 0.1) is 0 Å². The van der Waals surface area contributed by atoms with Crippen LogP contribution in [0.15, 0.2) is 59.8 Å². The van der Waals surface area contributed by atoms with E-state index >= 15 is 0 Å². The number of thiophene rings is 1. The molecule has 2 aromatic rings. The molecule has 0 bridgehead atoms. The number of ketones is 1. The first-order valence-corrected chi connectivity index (χ1v) is 6.15. The predicted octanol–water partition coefficient (Wildman–Crippen LogP) is 3.78. The standard InChI is InChI=1S/C10H10O.C4H5NS/c1-2-6-10(11)9-7-4-3-5-8-9;5-4-1-2-6-3-4/h2-5,7-8H,1,6H2;1-3H,5H2. The van der Waals surface area contributed by atoms with Gasteiger partial charge in [0.15, 0.2) is 5.78 Å². The number of nitrogen functional groups attached to an aromatic ring is 1. The van der Waals surface area contributed by atoms with Gasteiger partial charge in [0.25, 0.3) is 0 Å². The maximum absolute atomic E-state index is 11.2. The van der Waals surface area contributed by atoms with Crippen LogP contribution in [0.5, 0.6) is 0 Å². The molecule has 0 fully saturated rings. The highest BCUT2D eigenvalue weighted by Crippen LogP contribution is 2.05. The summed E-state index contributed by atoms with van der Waals surface area (Å²) in [7, 11) is 0. The molecule has 0 aliphatic heterocycles. The molecule has 1 heterocycles. The van der Waals surface area contributed by atoms with Gasteiger partial charge in [-0.15, -0.1) is 6.58 Å². The average molecular weight is 245 g/mol. The van der Waals surface area contributed by atoms with E-state index in [2.05, 4.69) is 6.58 Å². The maximum Gasteiger partial charge on any atom is 0.166 e. The predicted molar refractivity (Wildman–Crippen MR) is 74.3 cm³/mol. The highest BCUT2D eigenvalue weighted by atomic mass is 32.1. The van der Waals surface area contributed by atoms with Gasteiger partial charge in [-0.3, -0.25) is 4.79 Å². The Morgan fingerprint density at radius 1 is 1.29 bits per heavy atom. The molecule has 0 aliphatic carbocycles. The van der Waals surface area contributed by atoms with E-state index in [1.165, 1.54) is 0 Å². The largest absolute Gasteiger partial charge is 0.398 e. The highest BCUT2D eigenvalue weighted by Gasteiger charge is 1.99. The third-order valence-electron chi connectivity index (χ3n) is 1.97. The summed E-state index contributed by atoms with van der Waals surface area (Å²) >= 11 is 1.61. The average Bonchev–Trinajstić information content (AvgIpc) is 2.83. The lowest BCUT2D eigenvalue weighted by atomic mass is 10.1. The summed E-state index contributed by atoms with van der Waals surface area (Å²) in [5, 5.41) is 3.86. The van der Waals surface area contributed by atoms with Crippen molar-refractivity contribution in [1.29, 1.82) is 0 Å². The van der Waals surface area contributed by atoms with Crippen molar-refractivity contribution in [2.45, 2.75) is 6.42 Å². The number of Topliss-reactive ketones (excluding diaryl/α,β-unsaturated/α-hetero) is 1. The Morgan fingerprint density at radius 2 is 2.00 bits per heavy atom. The van der Waals surface area contributed by atoms with Crippen LogP contribution in [-0.4, -0.2) is 5.78 Å². The van der Waals surface area contributed by atoms with E-state index in [0.29, 0.717) is 6.42 Å². The van der Waals surface area contributed by atoms with Crippen LogP contribution < -0.4 is 5.73 Å². The van der Waals surface area contributed by atoms with E-state index in [1.807, 2.05) is 47.2 Å². The Hall–Kier alpha value is -1.87. The minimum Gasteiger partial charge on any atom is -0.398 e. The molecule has 1 aromatic carbocycles. The molecule has 0 aliphatic rings. The number of rotatable bonds is 3. The number of hydrogen-bond acceptors (Lipinski definition) is 3. The topological polar surface area (TPSA) is 43.1 Å². The van der Waals surface area contributed by atoms with E-state index < -0.39 is 0 Å². The van der Waals surface area contributed by atoms with Gasteiger partial charge in [0, 0.05) is 23.1 Å². The van der Waals surface area contributed by atoms with Crippen molar-refractivity contribution in [3.63, 3.8) is 0 Å². The van der Waals surface area contributed by atoms with Gasteiger partial charge in [-0.25, -0.2) is 0 Å². The second-order valence-corrected chi connectivity index (χ2v) is 4.12. The highest BCUT2D eigenvalue weighted by molar-refractivity contribution is 7.08. The number of benzene rings is 1. The van der Waals surface area contributed by atoms with Gasteiger partial charge in [-0.1, -0.05) is 36.4 Å². The van der Waals surface area contributed by atoms with Crippen LogP contribution in [0.3, 0.4) is 0 Å². The first-order chi connectivity index (χ1) is 8.24. The second-order valence-electron chi connectivity index (χ2n) is 3.34. The molecule has 0 atom stereocenters. The summed E-state index contributed by atoms with van der Waals surface area (Å²) in [5.41, 5.74) is 6.91. The number of anilines is 1. The van der Waals surface area contributed by atoms with Crippen LogP contribution in [-0.2, 0) is 0 Å². The molecule has 0 saturated carbocycles. The van der Waals surface area contributed by atoms with Gasteiger partial charge in [-0.05, 0) is 11.4 Å². The van der Waals surface area contributed by atoms with Crippen molar-refractivity contribution in [3.8, 4) is 0 Å². The van der Waals surface area contributed by atoms with Crippen LogP contribution in [0.1, 0.15) is 16.8 Å². The molecule has 17 heavy (non-hydrogen) atoms. The minimum atomic E-state index is 0.126. The van der Waals surface area contributed by atoms with E-state index in [1.54, 1.807) is 17.4 Å². The zero-order valence-corrected chi connectivity index (χ0v) is 10.3. The SMILES string of the molecule is C=CCC(=O)c1ccccc1.Nc1ccsc1. The molecular formula is C14H15NOS. The Balaban J connectivity index is 0.000000202. The van der Waals surface area contributed by atoms with Crippen molar-refractivity contribution in [2.24, 2.45) is 0 Å². The molecule has 0 saturated heterocycles. The third-order valence-corrected chi connectivity index (χ3v) is 2.67. The summed E-state index contributed by atoms with van der Waals surface area (Å²) in [6.45, 7) is 3.51. The lowest BCUT2D eigenvalue weighted by Gasteiger charge is -1.94. The van der Waals surface area contributed by atoms with E-state index in [4.69, 9.17) is 5.73 Å². The molecule has 0 spiro atoms. The second kappa shape index (κ2) is 7.41. The fourth-order valence-corrected chi connectivity index (χ4v) is 1.70. The van der Waals surface area contributed by atoms with Gasteiger partial charge in [0.05, 0.1) is 0 Å². The molecule has 0 radical (unpaired) electrons. The van der Waals surface area contributed by atoms with Crippen LogP contribution in [0.2, 0.25) is 0 Å². The molecule has 2 nitrogen and oxygen atoms in total. The Labute approximate surface area is 105 Å². The summed E-state index contributed by atoms with van der Waals surface area (Å²) in [6.07, 6.45) is 2.04. The zero-order valence-electron chi connectivity index (χ0n) is 9.50. The maximum atomic E-state index is 11.2. The lowest BCUT2D eigenvalue weighted by Crippen LogP contribution is -1.95. The van der Waals surface area contributed by atoms with Crippen molar-refractivity contribution in [1.82, 2.24) is 0 Å². The van der Waals surface area contributed by atoms with Crippen LogP contribution >= 0.6 is 11.3 Å². The summed E-state index contributed by atoms with van der Waals surface area (Å²) < 4.78 is 0. The normalized spacial score (nSPS) is 8.94. The van der Waals surface area contributed by atoms with Crippen molar-refractivity contribution >= 4 is 22.8 Å². The molecule has 2 rings (SSSR count). The summed E-state index contributed by atoms with van der Waals surface area (Å²) in [6, 6.07) is 11.1. The van der Waals surface area contributed by atoms with E-state index in [0.717, 1.165) is 11.3 Å². The Bertz CT molecular complexity index is 448. The molecule has 2 N–H and O–H groups in total. The van der Waals surface area contributed by atoms with Gasteiger partial charge in [-0.2, -0.15) is 11.3 Å². The summed E-state index contributed by atoms with van der Waals surface area (Å²) in [4.78, 5) is 11.2.